The highest BCUT2D eigenvalue weighted by Gasteiger charge is 2.35. The van der Waals surface area contributed by atoms with Crippen LogP contribution < -0.4 is 4.74 Å². The number of benzene rings is 3. The van der Waals surface area contributed by atoms with E-state index in [0.29, 0.717) is 27.4 Å². The molecule has 5 nitrogen and oxygen atoms in total. The maximum Gasteiger partial charge on any atom is 0.265 e. The second kappa shape index (κ2) is 9.02. The van der Waals surface area contributed by atoms with E-state index in [4.69, 9.17) is 28.6 Å². The predicted molar refractivity (Wildman–Crippen MR) is 134 cm³/mol. The first-order valence-electron chi connectivity index (χ1n) is 9.67. The van der Waals surface area contributed by atoms with Gasteiger partial charge >= 0.3 is 0 Å². The smallest absolute Gasteiger partial charge is 0.265 e. The fourth-order valence-electron chi connectivity index (χ4n) is 3.43. The summed E-state index contributed by atoms with van der Waals surface area (Å²) < 4.78 is 6.59. The van der Waals surface area contributed by atoms with Gasteiger partial charge in [-0.25, -0.2) is 0 Å². The Morgan fingerprint density at radius 2 is 1.66 bits per heavy atom. The van der Waals surface area contributed by atoms with E-state index >= 15 is 0 Å². The van der Waals surface area contributed by atoms with E-state index in [0.717, 1.165) is 16.3 Å². The number of thiocarbonyl (C=S) groups is 1. The Bertz CT molecular complexity index is 1260. The molecular weight excluding hydrogens is 512 g/mol. The minimum absolute atomic E-state index is 0.0106. The standard InChI is InChI=1S/C24H18BrClN2O3S/c1-27-22(29)18(23(30)28(2)24(27)32)10-15-11-19(25)21(20(26)12-15)31-13-14-7-8-16-5-3-4-6-17(16)9-14/h3-12H,13H2,1-2H3. The van der Waals surface area contributed by atoms with E-state index in [9.17, 15) is 9.59 Å². The van der Waals surface area contributed by atoms with Crippen LogP contribution in [0.25, 0.3) is 16.8 Å². The van der Waals surface area contributed by atoms with Crippen molar-refractivity contribution in [3.05, 3.63) is 80.8 Å². The van der Waals surface area contributed by atoms with Gasteiger partial charge < -0.3 is 4.74 Å². The van der Waals surface area contributed by atoms with E-state index in [1.165, 1.54) is 30.0 Å². The van der Waals surface area contributed by atoms with Gasteiger partial charge in [-0.3, -0.25) is 19.4 Å². The van der Waals surface area contributed by atoms with Gasteiger partial charge in [0.05, 0.1) is 9.50 Å². The summed E-state index contributed by atoms with van der Waals surface area (Å²) in [4.78, 5) is 27.6. The number of carbonyl (C=O) groups is 2. The van der Waals surface area contributed by atoms with Crippen LogP contribution in [0.4, 0.5) is 0 Å². The number of halogens is 2. The van der Waals surface area contributed by atoms with Gasteiger partial charge in [0.15, 0.2) is 10.9 Å². The number of amides is 2. The summed E-state index contributed by atoms with van der Waals surface area (Å²) in [6.45, 7) is 0.341. The first-order valence-corrected chi connectivity index (χ1v) is 11.3. The lowest BCUT2D eigenvalue weighted by Gasteiger charge is -2.31. The molecule has 162 valence electrons. The fourth-order valence-corrected chi connectivity index (χ4v) is 4.58. The third-order valence-corrected chi connectivity index (χ3v) is 6.59. The van der Waals surface area contributed by atoms with Crippen molar-refractivity contribution in [1.82, 2.24) is 9.80 Å². The van der Waals surface area contributed by atoms with Crippen molar-refractivity contribution in [2.75, 3.05) is 14.1 Å². The van der Waals surface area contributed by atoms with Crippen LogP contribution in [-0.2, 0) is 16.2 Å². The van der Waals surface area contributed by atoms with Crippen molar-refractivity contribution < 1.29 is 14.3 Å². The highest BCUT2D eigenvalue weighted by Crippen LogP contribution is 2.36. The molecule has 0 spiro atoms. The predicted octanol–water partition coefficient (Wildman–Crippen LogP) is 5.43. The second-order valence-corrected chi connectivity index (χ2v) is 8.98. The highest BCUT2D eigenvalue weighted by molar-refractivity contribution is 9.10. The maximum atomic E-state index is 12.5. The molecule has 1 saturated heterocycles. The third-order valence-electron chi connectivity index (χ3n) is 5.17. The molecular formula is C24H18BrClN2O3S. The Morgan fingerprint density at radius 1 is 1.00 bits per heavy atom. The first-order chi connectivity index (χ1) is 15.3. The molecule has 8 heteroatoms. The summed E-state index contributed by atoms with van der Waals surface area (Å²) in [5.74, 6) is -0.428. The average molecular weight is 530 g/mol. The zero-order chi connectivity index (χ0) is 23.0. The van der Waals surface area contributed by atoms with E-state index in [-0.39, 0.29) is 10.7 Å². The molecule has 4 rings (SSSR count). The monoisotopic (exact) mass is 528 g/mol. The van der Waals surface area contributed by atoms with Crippen LogP contribution in [0.15, 0.2) is 64.6 Å². The Kier molecular flexibility index (Phi) is 6.33. The molecule has 32 heavy (non-hydrogen) atoms. The lowest BCUT2D eigenvalue weighted by Crippen LogP contribution is -2.52. The Hall–Kier alpha value is -2.74. The van der Waals surface area contributed by atoms with Gasteiger partial charge in [-0.2, -0.15) is 0 Å². The summed E-state index contributed by atoms with van der Waals surface area (Å²) in [7, 11) is 3.07. The van der Waals surface area contributed by atoms with Crippen LogP contribution in [0.3, 0.4) is 0 Å². The summed E-state index contributed by atoms with van der Waals surface area (Å²) in [5, 5.41) is 2.82. The molecule has 1 fully saturated rings. The lowest BCUT2D eigenvalue weighted by molar-refractivity contribution is -0.132. The van der Waals surface area contributed by atoms with Gasteiger partial charge in [0.2, 0.25) is 0 Å². The van der Waals surface area contributed by atoms with Gasteiger partial charge in [0.1, 0.15) is 12.2 Å². The molecule has 1 aliphatic rings. The second-order valence-electron chi connectivity index (χ2n) is 7.35. The van der Waals surface area contributed by atoms with Gasteiger partial charge in [-0.15, -0.1) is 0 Å². The Labute approximate surface area is 204 Å². The molecule has 3 aromatic rings. The Balaban J connectivity index is 1.58. The number of ether oxygens (including phenoxy) is 1. The fraction of sp³-hybridized carbons (Fsp3) is 0.125. The van der Waals surface area contributed by atoms with Crippen LogP contribution in [0.5, 0.6) is 5.75 Å². The number of rotatable bonds is 4. The quantitative estimate of drug-likeness (QED) is 0.257. The van der Waals surface area contributed by atoms with E-state index in [1.54, 1.807) is 12.1 Å². The molecule has 0 radical (unpaired) electrons. The van der Waals surface area contributed by atoms with Gasteiger partial charge in [-0.1, -0.05) is 48.0 Å². The molecule has 2 amide bonds. The SMILES string of the molecule is CN1C(=O)C(=Cc2cc(Cl)c(OCc3ccc4ccccc4c3)c(Br)c2)C(=O)N(C)C1=S. The van der Waals surface area contributed by atoms with Crippen LogP contribution in [0.1, 0.15) is 11.1 Å². The van der Waals surface area contributed by atoms with Crippen molar-refractivity contribution in [2.24, 2.45) is 0 Å². The molecule has 1 heterocycles. The molecule has 0 bridgehead atoms. The average Bonchev–Trinajstić information content (AvgIpc) is 2.78. The molecule has 3 aromatic carbocycles. The summed E-state index contributed by atoms with van der Waals surface area (Å²) >= 11 is 15.1. The Morgan fingerprint density at radius 3 is 2.31 bits per heavy atom. The normalized spacial score (nSPS) is 14.4. The third kappa shape index (κ3) is 4.28. The maximum absolute atomic E-state index is 12.5. The van der Waals surface area contributed by atoms with E-state index in [1.807, 2.05) is 18.2 Å². The molecule has 0 atom stereocenters. The lowest BCUT2D eigenvalue weighted by atomic mass is 10.1. The van der Waals surface area contributed by atoms with E-state index in [2.05, 4.69) is 40.2 Å². The number of hydrogen-bond acceptors (Lipinski definition) is 4. The minimum atomic E-state index is -0.457. The zero-order valence-electron chi connectivity index (χ0n) is 17.3. The van der Waals surface area contributed by atoms with Crippen LogP contribution in [0, 0.1) is 0 Å². The summed E-state index contributed by atoms with van der Waals surface area (Å²) in [6.07, 6.45) is 1.50. The summed E-state index contributed by atoms with van der Waals surface area (Å²) in [5.41, 5.74) is 1.61. The molecule has 0 aromatic heterocycles. The number of nitrogens with zero attached hydrogens (tertiary/aromatic N) is 2. The van der Waals surface area contributed by atoms with Crippen LogP contribution >= 0.6 is 39.7 Å². The van der Waals surface area contributed by atoms with Crippen LogP contribution in [0.2, 0.25) is 5.02 Å². The van der Waals surface area contributed by atoms with Crippen LogP contribution in [-0.4, -0.2) is 40.8 Å². The number of likely N-dealkylation sites (N-methyl/N-ethyl adjacent to an activating group) is 2. The van der Waals surface area contributed by atoms with Crippen molar-refractivity contribution in [2.45, 2.75) is 6.61 Å². The van der Waals surface area contributed by atoms with Gasteiger partial charge in [-0.05, 0) is 74.3 Å². The largest absolute Gasteiger partial charge is 0.486 e. The molecule has 0 unspecified atom stereocenters. The highest BCUT2D eigenvalue weighted by atomic mass is 79.9. The zero-order valence-corrected chi connectivity index (χ0v) is 20.4. The molecule has 1 aliphatic heterocycles. The first kappa shape index (κ1) is 22.5. The van der Waals surface area contributed by atoms with Gasteiger partial charge in [0, 0.05) is 14.1 Å². The van der Waals surface area contributed by atoms with Crippen molar-refractivity contribution in [1.29, 1.82) is 0 Å². The number of hydrogen-bond donors (Lipinski definition) is 0. The molecule has 0 aliphatic carbocycles. The topological polar surface area (TPSA) is 49.9 Å². The van der Waals surface area contributed by atoms with Crippen molar-refractivity contribution in [3.8, 4) is 5.75 Å². The van der Waals surface area contributed by atoms with E-state index < -0.39 is 11.8 Å². The number of fused-ring (bicyclic) bond motifs is 1. The number of carbonyl (C=O) groups excluding carboxylic acids is 2. The minimum Gasteiger partial charge on any atom is -0.486 e. The summed E-state index contributed by atoms with van der Waals surface area (Å²) in [6, 6.07) is 17.7. The van der Waals surface area contributed by atoms with Crippen molar-refractivity contribution in [3.63, 3.8) is 0 Å². The van der Waals surface area contributed by atoms with Gasteiger partial charge in [0.25, 0.3) is 11.8 Å². The molecule has 0 saturated carbocycles. The van der Waals surface area contributed by atoms with Crippen molar-refractivity contribution >= 4 is 73.5 Å². The molecule has 0 N–H and O–H groups in total.